The van der Waals surface area contributed by atoms with Crippen molar-refractivity contribution in [2.24, 2.45) is 11.7 Å². The molecule has 1 saturated carbocycles. The Balaban J connectivity index is 1.79. The second kappa shape index (κ2) is 6.90. The Morgan fingerprint density at radius 3 is 2.75 bits per heavy atom. The summed E-state index contributed by atoms with van der Waals surface area (Å²) < 4.78 is 4.77. The molecule has 4 nitrogen and oxygen atoms in total. The third-order valence-corrected chi connectivity index (χ3v) is 5.15. The molecule has 20 heavy (non-hydrogen) atoms. The maximum Gasteiger partial charge on any atom is 0.325 e. The van der Waals surface area contributed by atoms with E-state index in [-0.39, 0.29) is 5.97 Å². The molecule has 1 heterocycles. The highest BCUT2D eigenvalue weighted by Crippen LogP contribution is 2.35. The molecule has 1 aliphatic carbocycles. The lowest BCUT2D eigenvalue weighted by molar-refractivity contribution is -0.146. The molecule has 0 bridgehead atoms. The van der Waals surface area contributed by atoms with Crippen LogP contribution in [0.1, 0.15) is 58.3 Å². The van der Waals surface area contributed by atoms with Crippen molar-refractivity contribution >= 4 is 5.97 Å². The number of esters is 1. The van der Waals surface area contributed by atoms with Gasteiger partial charge in [0.25, 0.3) is 0 Å². The van der Waals surface area contributed by atoms with Crippen LogP contribution in [0.4, 0.5) is 0 Å². The van der Waals surface area contributed by atoms with Crippen LogP contribution in [0.15, 0.2) is 0 Å². The van der Waals surface area contributed by atoms with Crippen LogP contribution in [0, 0.1) is 5.92 Å². The second-order valence-corrected chi connectivity index (χ2v) is 6.80. The predicted molar refractivity (Wildman–Crippen MR) is 80.4 cm³/mol. The summed E-state index contributed by atoms with van der Waals surface area (Å²) in [6.07, 6.45) is 10.0. The molecule has 0 aromatic heterocycles. The highest BCUT2D eigenvalue weighted by atomic mass is 16.5. The van der Waals surface area contributed by atoms with Gasteiger partial charge in [0.15, 0.2) is 0 Å². The lowest BCUT2D eigenvalue weighted by atomic mass is 9.78. The van der Waals surface area contributed by atoms with E-state index in [9.17, 15) is 4.79 Å². The van der Waals surface area contributed by atoms with Gasteiger partial charge in [-0.3, -0.25) is 4.79 Å². The van der Waals surface area contributed by atoms with E-state index in [4.69, 9.17) is 10.5 Å². The zero-order valence-corrected chi connectivity index (χ0v) is 13.1. The fraction of sp³-hybridized carbons (Fsp3) is 0.938. The van der Waals surface area contributed by atoms with Crippen LogP contribution in [0.2, 0.25) is 0 Å². The molecule has 4 heteroatoms. The molecule has 2 N–H and O–H groups in total. The number of carbonyl (C=O) groups is 1. The number of likely N-dealkylation sites (tertiary alicyclic amines) is 1. The number of nitrogens with zero attached hydrogens (tertiary/aromatic N) is 1. The molecule has 0 aromatic carbocycles. The molecular weight excluding hydrogens is 252 g/mol. The molecule has 0 aromatic rings. The molecular formula is C16H30N2O2. The Labute approximate surface area is 123 Å². The van der Waals surface area contributed by atoms with E-state index in [1.807, 2.05) is 0 Å². The number of piperidine rings is 1. The normalized spacial score (nSPS) is 30.4. The number of fused-ring (bicyclic) bond motifs is 1. The number of hydrogen-bond acceptors (Lipinski definition) is 4. The topological polar surface area (TPSA) is 55.6 Å². The minimum atomic E-state index is -0.837. The molecule has 1 aliphatic heterocycles. The van der Waals surface area contributed by atoms with Crippen LogP contribution in [0.25, 0.3) is 0 Å². The minimum absolute atomic E-state index is 0.299. The Kier molecular flexibility index (Phi) is 5.44. The number of hydrogen-bond donors (Lipinski definition) is 1. The number of ether oxygens (including phenoxy) is 1. The van der Waals surface area contributed by atoms with Crippen LogP contribution in [0.5, 0.6) is 0 Å². The number of rotatable bonds is 5. The summed E-state index contributed by atoms with van der Waals surface area (Å²) in [5.41, 5.74) is 5.19. The van der Waals surface area contributed by atoms with Crippen LogP contribution in [-0.2, 0) is 9.53 Å². The smallest absolute Gasteiger partial charge is 0.325 e. The molecule has 3 unspecified atom stereocenters. The van der Waals surface area contributed by atoms with Gasteiger partial charge in [-0.05, 0) is 64.5 Å². The Morgan fingerprint density at radius 1 is 1.30 bits per heavy atom. The lowest BCUT2D eigenvalue weighted by Gasteiger charge is -2.44. The quantitative estimate of drug-likeness (QED) is 0.786. The number of carbonyl (C=O) groups excluding carboxylic acids is 1. The summed E-state index contributed by atoms with van der Waals surface area (Å²) in [6.45, 7) is 4.07. The summed E-state index contributed by atoms with van der Waals surface area (Å²) in [4.78, 5) is 14.2. The van der Waals surface area contributed by atoms with Crippen LogP contribution in [-0.4, -0.2) is 42.6 Å². The van der Waals surface area contributed by atoms with E-state index in [0.717, 1.165) is 24.9 Å². The maximum atomic E-state index is 11.6. The summed E-state index contributed by atoms with van der Waals surface area (Å²) in [6, 6.07) is 0.791. The van der Waals surface area contributed by atoms with Gasteiger partial charge >= 0.3 is 5.97 Å². The predicted octanol–water partition coefficient (Wildman–Crippen LogP) is 2.31. The molecule has 3 atom stereocenters. The van der Waals surface area contributed by atoms with E-state index >= 15 is 0 Å². The summed E-state index contributed by atoms with van der Waals surface area (Å²) in [5.74, 6) is 0.619. The van der Waals surface area contributed by atoms with Crippen molar-refractivity contribution in [1.29, 1.82) is 0 Å². The molecule has 2 fully saturated rings. The Bertz CT molecular complexity index is 328. The molecule has 0 spiro atoms. The standard InChI is InChI=1S/C16H30N2O2/c1-16(17,15(19)20-2)10-6-12-18-11-5-8-13-7-3-4-9-14(13)18/h13-14H,3-12,17H2,1-2H3. The first-order chi connectivity index (χ1) is 9.54. The average Bonchev–Trinajstić information content (AvgIpc) is 2.46. The fourth-order valence-electron chi connectivity index (χ4n) is 3.99. The largest absolute Gasteiger partial charge is 0.468 e. The first-order valence-electron chi connectivity index (χ1n) is 8.16. The van der Waals surface area contributed by atoms with Crippen molar-refractivity contribution in [2.45, 2.75) is 69.9 Å². The van der Waals surface area contributed by atoms with Crippen LogP contribution in [0.3, 0.4) is 0 Å². The van der Waals surface area contributed by atoms with E-state index in [0.29, 0.717) is 6.42 Å². The molecule has 2 rings (SSSR count). The highest BCUT2D eigenvalue weighted by Gasteiger charge is 2.34. The third-order valence-electron chi connectivity index (χ3n) is 5.15. The van der Waals surface area contributed by atoms with Gasteiger partial charge < -0.3 is 15.4 Å². The van der Waals surface area contributed by atoms with Gasteiger partial charge in [-0.1, -0.05) is 12.8 Å². The lowest BCUT2D eigenvalue weighted by Crippen LogP contribution is -2.49. The zero-order chi connectivity index (χ0) is 14.6. The molecule has 116 valence electrons. The summed E-state index contributed by atoms with van der Waals surface area (Å²) in [5, 5.41) is 0. The van der Waals surface area contributed by atoms with Crippen LogP contribution >= 0.6 is 0 Å². The van der Waals surface area contributed by atoms with E-state index in [1.54, 1.807) is 6.92 Å². The van der Waals surface area contributed by atoms with Gasteiger partial charge in [0.1, 0.15) is 5.54 Å². The fourth-order valence-corrected chi connectivity index (χ4v) is 3.99. The van der Waals surface area contributed by atoms with E-state index in [1.165, 1.54) is 52.2 Å². The van der Waals surface area contributed by atoms with Crippen molar-refractivity contribution in [1.82, 2.24) is 4.90 Å². The van der Waals surface area contributed by atoms with Crippen LogP contribution < -0.4 is 5.73 Å². The molecule has 0 amide bonds. The summed E-state index contributed by atoms with van der Waals surface area (Å²) in [7, 11) is 1.41. The van der Waals surface area contributed by atoms with E-state index < -0.39 is 5.54 Å². The first kappa shape index (κ1) is 15.8. The Hall–Kier alpha value is -0.610. The third kappa shape index (κ3) is 3.73. The SMILES string of the molecule is COC(=O)C(C)(N)CCCN1CCCC2CCCCC21. The summed E-state index contributed by atoms with van der Waals surface area (Å²) >= 11 is 0. The van der Waals surface area contributed by atoms with E-state index in [2.05, 4.69) is 4.90 Å². The van der Waals surface area contributed by atoms with Gasteiger partial charge in [-0.25, -0.2) is 0 Å². The maximum absolute atomic E-state index is 11.6. The Morgan fingerprint density at radius 2 is 2.00 bits per heavy atom. The van der Waals surface area contributed by atoms with Crippen molar-refractivity contribution in [2.75, 3.05) is 20.2 Å². The van der Waals surface area contributed by atoms with Crippen molar-refractivity contribution in [3.8, 4) is 0 Å². The van der Waals surface area contributed by atoms with Crippen molar-refractivity contribution in [3.05, 3.63) is 0 Å². The van der Waals surface area contributed by atoms with Gasteiger partial charge in [0.05, 0.1) is 7.11 Å². The zero-order valence-electron chi connectivity index (χ0n) is 13.1. The van der Waals surface area contributed by atoms with Gasteiger partial charge in [0, 0.05) is 6.04 Å². The molecule has 0 radical (unpaired) electrons. The van der Waals surface area contributed by atoms with Gasteiger partial charge in [-0.15, -0.1) is 0 Å². The van der Waals surface area contributed by atoms with Gasteiger partial charge in [-0.2, -0.15) is 0 Å². The minimum Gasteiger partial charge on any atom is -0.468 e. The first-order valence-corrected chi connectivity index (χ1v) is 8.16. The van der Waals surface area contributed by atoms with Gasteiger partial charge in [0.2, 0.25) is 0 Å². The van der Waals surface area contributed by atoms with Crippen molar-refractivity contribution in [3.63, 3.8) is 0 Å². The molecule has 2 aliphatic rings. The average molecular weight is 282 g/mol. The number of nitrogens with two attached hydrogens (primary N) is 1. The van der Waals surface area contributed by atoms with Crippen molar-refractivity contribution < 1.29 is 9.53 Å². The molecule has 1 saturated heterocycles. The highest BCUT2D eigenvalue weighted by molar-refractivity contribution is 5.79. The second-order valence-electron chi connectivity index (χ2n) is 6.80. The number of methoxy groups -OCH3 is 1. The monoisotopic (exact) mass is 282 g/mol.